The number of rotatable bonds is 12. The number of carbonyl (C=O) groups excluding carboxylic acids is 3. The molecule has 7 rings (SSSR count). The van der Waals surface area contributed by atoms with Gasteiger partial charge in [-0.2, -0.15) is 0 Å². The number of aromatic nitrogens is 2. The number of H-pyrrole nitrogens is 1. The van der Waals surface area contributed by atoms with Gasteiger partial charge in [-0.05, 0) is 20.8 Å². The molecule has 0 aliphatic carbocycles. The van der Waals surface area contributed by atoms with Crippen LogP contribution in [0, 0.1) is 5.41 Å². The molecule has 19 nitrogen and oxygen atoms in total. The second-order valence-corrected chi connectivity index (χ2v) is 18.0. The predicted molar refractivity (Wildman–Crippen MR) is 207 cm³/mol. The molecule has 4 aliphatic heterocycles. The number of β-lactam (4-membered cyclic amide) rings is 1. The van der Waals surface area contributed by atoms with E-state index in [9.17, 15) is 49.2 Å². The van der Waals surface area contributed by atoms with Crippen molar-refractivity contribution >= 4 is 86.1 Å². The van der Waals surface area contributed by atoms with Gasteiger partial charge in [0.15, 0.2) is 22.3 Å². The van der Waals surface area contributed by atoms with E-state index in [1.165, 1.54) is 42.1 Å². The first kappa shape index (κ1) is 39.8. The maximum atomic E-state index is 13.6. The Morgan fingerprint density at radius 3 is 2.54 bits per heavy atom. The van der Waals surface area contributed by atoms with Gasteiger partial charge in [-0.1, -0.05) is 16.8 Å². The number of fused-ring (bicyclic) bond motifs is 4. The number of nitrogens with zero attached hydrogens (tertiary/aromatic N) is 4. The quantitative estimate of drug-likeness (QED) is 0.0421. The van der Waals surface area contributed by atoms with Crippen LogP contribution in [0.4, 0.5) is 5.13 Å². The standard InChI is InChI=1S/C35H37ClN8O11S2/c1-14-16(10-44-6-4-35(13-44,5-7-44)12-39-27(48)15-9-38-17-8-19(45)26(47)21(36)20(17)25(15)46)24(31(51)52)43-29(50)23(30(43)57-14)41-28(49)22(18-11-56-33(37)40-18)42-55-34(2,3)32(53)54/h8-9,11,14,23,30H,4-7,10,12-13H2,1-3H3,(H8-,37,38,39,40,41,42,45,46,47,48,49,51,52,53,54)/p+1. The molecule has 22 heteroatoms. The number of carbonyl (C=O) groups is 5. The van der Waals surface area contributed by atoms with Gasteiger partial charge in [0.25, 0.3) is 17.7 Å². The fourth-order valence-corrected chi connectivity index (χ4v) is 10.2. The number of hydrogen-bond donors (Lipinski definition) is 8. The van der Waals surface area contributed by atoms with Crippen LogP contribution in [-0.4, -0.2) is 130 Å². The van der Waals surface area contributed by atoms with E-state index in [4.69, 9.17) is 22.2 Å². The Labute approximate surface area is 336 Å². The Bertz CT molecular complexity index is 2390. The van der Waals surface area contributed by atoms with Crippen LogP contribution in [0.15, 0.2) is 38.9 Å². The van der Waals surface area contributed by atoms with Crippen molar-refractivity contribution in [2.45, 2.75) is 55.9 Å². The molecular formula is C35H38ClN8O11S2+. The van der Waals surface area contributed by atoms with Gasteiger partial charge >= 0.3 is 11.9 Å². The number of phenols is 2. The van der Waals surface area contributed by atoms with E-state index in [1.807, 2.05) is 6.92 Å². The molecule has 3 atom stereocenters. The van der Waals surface area contributed by atoms with Gasteiger partial charge in [-0.25, -0.2) is 14.6 Å². The van der Waals surface area contributed by atoms with Crippen LogP contribution < -0.4 is 21.8 Å². The number of thiazole rings is 1. The number of aromatic amines is 1. The molecule has 2 aromatic heterocycles. The van der Waals surface area contributed by atoms with Crippen LogP contribution in [0.2, 0.25) is 5.02 Å². The number of halogens is 1. The molecule has 302 valence electrons. The zero-order valence-corrected chi connectivity index (χ0v) is 33.0. The number of nitrogen functional groups attached to an aromatic ring is 1. The number of aliphatic carboxylic acids is 2. The number of pyridine rings is 1. The number of amides is 3. The van der Waals surface area contributed by atoms with Crippen molar-refractivity contribution in [2.24, 2.45) is 10.6 Å². The minimum Gasteiger partial charge on any atom is -0.504 e. The first-order valence-corrected chi connectivity index (χ1v) is 19.8. The minimum atomic E-state index is -1.81. The molecule has 3 saturated heterocycles. The molecule has 57 heavy (non-hydrogen) atoms. The molecule has 0 saturated carbocycles. The Balaban J connectivity index is 1.05. The zero-order valence-electron chi connectivity index (χ0n) is 30.6. The zero-order chi connectivity index (χ0) is 41.4. The number of hydrogen-bond acceptors (Lipinski definition) is 14. The van der Waals surface area contributed by atoms with Gasteiger partial charge in [-0.15, -0.1) is 23.1 Å². The Hall–Kier alpha value is -5.38. The van der Waals surface area contributed by atoms with Crippen molar-refractivity contribution in [1.82, 2.24) is 25.5 Å². The summed E-state index contributed by atoms with van der Waals surface area (Å²) in [5.74, 6) is -6.02. The number of quaternary nitrogens is 1. The smallest absolute Gasteiger partial charge is 0.352 e. The summed E-state index contributed by atoms with van der Waals surface area (Å²) in [7, 11) is 0. The van der Waals surface area contributed by atoms with Crippen molar-refractivity contribution in [3.05, 3.63) is 55.4 Å². The monoisotopic (exact) mass is 845 g/mol. The second kappa shape index (κ2) is 14.2. The summed E-state index contributed by atoms with van der Waals surface area (Å²) in [6.07, 6.45) is 2.66. The number of nitrogens with two attached hydrogens (primary N) is 1. The van der Waals surface area contributed by atoms with Crippen LogP contribution >= 0.6 is 34.7 Å². The Morgan fingerprint density at radius 2 is 1.91 bits per heavy atom. The number of nitrogens with one attached hydrogen (secondary N) is 3. The van der Waals surface area contributed by atoms with Crippen LogP contribution in [-0.2, 0) is 24.0 Å². The number of aromatic hydroxyl groups is 2. The summed E-state index contributed by atoms with van der Waals surface area (Å²) >= 11 is 8.45. The number of benzene rings is 1. The van der Waals surface area contributed by atoms with Gasteiger partial charge in [-0.3, -0.25) is 24.1 Å². The number of piperidine rings is 1. The average Bonchev–Trinajstić information content (AvgIpc) is 3.86. The molecular weight excluding hydrogens is 808 g/mol. The van der Waals surface area contributed by atoms with Gasteiger partial charge in [0.2, 0.25) is 11.0 Å². The molecule has 3 amide bonds. The summed E-state index contributed by atoms with van der Waals surface area (Å²) in [6, 6.07) is -0.00339. The van der Waals surface area contributed by atoms with Crippen molar-refractivity contribution in [3.8, 4) is 11.5 Å². The molecule has 0 spiro atoms. The molecule has 3 unspecified atom stereocenters. The molecule has 1 aromatic carbocycles. The van der Waals surface area contributed by atoms with E-state index < -0.39 is 69.3 Å². The Morgan fingerprint density at radius 1 is 1.21 bits per heavy atom. The van der Waals surface area contributed by atoms with E-state index in [-0.39, 0.29) is 55.2 Å². The van der Waals surface area contributed by atoms with E-state index in [2.05, 4.69) is 25.8 Å². The number of carboxylic acid groups (broad SMARTS) is 2. The van der Waals surface area contributed by atoms with Crippen molar-refractivity contribution in [3.63, 3.8) is 0 Å². The third kappa shape index (κ3) is 6.91. The van der Waals surface area contributed by atoms with Crippen molar-refractivity contribution in [2.75, 3.05) is 38.5 Å². The third-order valence-electron chi connectivity index (χ3n) is 11.1. The predicted octanol–water partition coefficient (Wildman–Crippen LogP) is 1.38. The first-order valence-electron chi connectivity index (χ1n) is 17.6. The van der Waals surface area contributed by atoms with E-state index >= 15 is 0 Å². The largest absolute Gasteiger partial charge is 0.504 e. The molecule has 2 bridgehead atoms. The number of phenolic OH excluding ortho intramolecular Hbond substituents is 2. The van der Waals surface area contributed by atoms with Crippen LogP contribution in [0.1, 0.15) is 49.7 Å². The van der Waals surface area contributed by atoms with Crippen LogP contribution in [0.5, 0.6) is 11.5 Å². The maximum absolute atomic E-state index is 13.6. The average molecular weight is 846 g/mol. The first-order chi connectivity index (χ1) is 26.8. The minimum absolute atomic E-state index is 0.00557. The Kier molecular flexibility index (Phi) is 9.94. The lowest BCUT2D eigenvalue weighted by Gasteiger charge is -2.51. The third-order valence-corrected chi connectivity index (χ3v) is 13.6. The van der Waals surface area contributed by atoms with E-state index in [1.54, 1.807) is 0 Å². The van der Waals surface area contributed by atoms with Crippen LogP contribution in [0.25, 0.3) is 10.9 Å². The SMILES string of the molecule is CC1SC2C(NC(=O)C(=NOC(C)(C)C(=O)O)c3csc(N)n3)C(=O)N2C(C(=O)O)=C1C[N+]12CCC(CNC(=O)c3c[nH]c4cc(O)c(O)c(Cl)c4c3=O)(CC1)C2. The number of oxime groups is 1. The lowest BCUT2D eigenvalue weighted by molar-refractivity contribution is -0.905. The highest BCUT2D eigenvalue weighted by atomic mass is 35.5. The highest BCUT2D eigenvalue weighted by Crippen LogP contribution is 2.49. The highest BCUT2D eigenvalue weighted by molar-refractivity contribution is 8.00. The molecule has 9 N–H and O–H groups in total. The normalized spacial score (nSPS) is 25.6. The highest BCUT2D eigenvalue weighted by Gasteiger charge is 2.59. The lowest BCUT2D eigenvalue weighted by atomic mass is 9.84. The fourth-order valence-electron chi connectivity index (χ4n) is 7.93. The molecule has 0 radical (unpaired) electrons. The van der Waals surface area contributed by atoms with Gasteiger partial charge in [0, 0.05) is 53.3 Å². The maximum Gasteiger partial charge on any atom is 0.352 e. The van der Waals surface area contributed by atoms with E-state index in [0.717, 1.165) is 30.2 Å². The lowest BCUT2D eigenvalue weighted by Crippen LogP contribution is -2.71. The summed E-state index contributed by atoms with van der Waals surface area (Å²) < 4.78 is 0.540. The fraction of sp³-hybridized carbons (Fsp3) is 0.429. The second-order valence-electron chi connectivity index (χ2n) is 15.2. The summed E-state index contributed by atoms with van der Waals surface area (Å²) in [5, 5.41) is 48.9. The summed E-state index contributed by atoms with van der Waals surface area (Å²) in [6.45, 7) is 6.92. The number of anilines is 1. The molecule has 3 aromatic rings. The van der Waals surface area contributed by atoms with Crippen LogP contribution in [0.3, 0.4) is 0 Å². The summed E-state index contributed by atoms with van der Waals surface area (Å²) in [5.41, 5.74) is 2.83. The topological polar surface area (TPSA) is 287 Å². The molecule has 4 aliphatic rings. The van der Waals surface area contributed by atoms with Gasteiger partial charge in [0.1, 0.15) is 34.9 Å². The number of thioether (sulfide) groups is 1. The number of carboxylic acids is 2. The van der Waals surface area contributed by atoms with Crippen molar-refractivity contribution in [1.29, 1.82) is 0 Å². The summed E-state index contributed by atoms with van der Waals surface area (Å²) in [4.78, 5) is 91.3. The molecule has 3 fully saturated rings. The van der Waals surface area contributed by atoms with Crippen molar-refractivity contribution < 1.29 is 53.7 Å². The van der Waals surface area contributed by atoms with Gasteiger partial charge < -0.3 is 51.1 Å². The van der Waals surface area contributed by atoms with E-state index in [0.29, 0.717) is 36.2 Å². The molecule has 6 heterocycles. The van der Waals surface area contributed by atoms with Gasteiger partial charge in [0.05, 0.1) is 35.6 Å².